The second kappa shape index (κ2) is 16.9. The first kappa shape index (κ1) is 41.3. The number of hydrogen-bond donors (Lipinski definition) is 0. The molecule has 0 bridgehead atoms. The molecule has 0 saturated heterocycles. The summed E-state index contributed by atoms with van der Waals surface area (Å²) in [5.74, 6) is 1.55. The quantitative estimate of drug-likeness (QED) is 0.161. The third kappa shape index (κ3) is 8.35. The Balaban J connectivity index is 0.000000255. The zero-order valence-corrected chi connectivity index (χ0v) is 37.6. The van der Waals surface area contributed by atoms with Gasteiger partial charge in [-0.05, 0) is 64.1 Å². The fraction of sp³-hybridized carbons (Fsp3) is 0.145. The van der Waals surface area contributed by atoms with E-state index in [1.165, 1.54) is 5.56 Å². The average molecular weight is 971 g/mol. The number of para-hydroxylation sites is 2. The Morgan fingerprint density at radius 1 is 0.574 bits per heavy atom. The van der Waals surface area contributed by atoms with Gasteiger partial charge in [0.1, 0.15) is 5.58 Å². The van der Waals surface area contributed by atoms with Crippen LogP contribution in [0.15, 0.2) is 174 Å². The van der Waals surface area contributed by atoms with Gasteiger partial charge in [-0.15, -0.1) is 54.1 Å². The van der Waals surface area contributed by atoms with Crippen molar-refractivity contribution in [1.29, 1.82) is 0 Å². The Labute approximate surface area is 371 Å². The molecule has 10 aromatic rings. The van der Waals surface area contributed by atoms with Crippen molar-refractivity contribution in [2.24, 2.45) is 0 Å². The van der Waals surface area contributed by atoms with Crippen molar-refractivity contribution >= 4 is 33.0 Å². The van der Waals surface area contributed by atoms with Gasteiger partial charge in [-0.2, -0.15) is 0 Å². The van der Waals surface area contributed by atoms with Crippen LogP contribution >= 0.6 is 0 Å². The molecule has 10 rings (SSSR count). The Morgan fingerprint density at radius 3 is 2.02 bits per heavy atom. The molecule has 0 aliphatic carbocycles. The summed E-state index contributed by atoms with van der Waals surface area (Å²) in [4.78, 5) is 14.1. The first-order valence-electron chi connectivity index (χ1n) is 20.4. The largest absolute Gasteiger partial charge is 0.501 e. The van der Waals surface area contributed by atoms with Gasteiger partial charge < -0.3 is 8.98 Å². The molecule has 6 heteroatoms. The van der Waals surface area contributed by atoms with Crippen molar-refractivity contribution in [1.82, 2.24) is 19.5 Å². The molecule has 0 amide bonds. The summed E-state index contributed by atoms with van der Waals surface area (Å²) >= 11 is 0. The van der Waals surface area contributed by atoms with Crippen LogP contribution in [0.4, 0.5) is 0 Å². The molecular weight excluding hydrogens is 925 g/mol. The molecule has 0 N–H and O–H groups in total. The molecule has 3 aromatic heterocycles. The normalized spacial score (nSPS) is 11.6. The second-order valence-corrected chi connectivity index (χ2v) is 17.2. The van der Waals surface area contributed by atoms with Gasteiger partial charge in [-0.3, -0.25) is 15.0 Å². The fourth-order valence-corrected chi connectivity index (χ4v) is 7.64. The molecule has 3 heterocycles. The maximum atomic E-state index is 6.68. The average Bonchev–Trinajstić information content (AvgIpc) is 3.85. The molecule has 61 heavy (non-hydrogen) atoms. The number of furan rings is 1. The molecule has 0 saturated carbocycles. The number of benzene rings is 7. The Morgan fingerprint density at radius 2 is 1.30 bits per heavy atom. The van der Waals surface area contributed by atoms with Gasteiger partial charge >= 0.3 is 0 Å². The van der Waals surface area contributed by atoms with Gasteiger partial charge in [0.2, 0.25) is 0 Å². The maximum Gasteiger partial charge on any atom is 0.121 e. The molecule has 0 spiro atoms. The minimum absolute atomic E-state index is 0. The molecule has 0 fully saturated rings. The molecular formula is C55H46IrN4O-2. The minimum Gasteiger partial charge on any atom is -0.501 e. The van der Waals surface area contributed by atoms with Crippen LogP contribution in [-0.2, 0) is 30.9 Å². The van der Waals surface area contributed by atoms with E-state index < -0.39 is 0 Å². The summed E-state index contributed by atoms with van der Waals surface area (Å²) in [6.45, 7) is 13.2. The Bertz CT molecular complexity index is 3100. The van der Waals surface area contributed by atoms with E-state index in [9.17, 15) is 0 Å². The number of rotatable bonds is 5. The van der Waals surface area contributed by atoms with Crippen molar-refractivity contribution in [3.63, 3.8) is 0 Å². The van der Waals surface area contributed by atoms with Crippen molar-refractivity contribution in [2.75, 3.05) is 0 Å². The van der Waals surface area contributed by atoms with Crippen LogP contribution < -0.4 is 0 Å². The van der Waals surface area contributed by atoms with Crippen molar-refractivity contribution in [3.8, 4) is 50.7 Å². The van der Waals surface area contributed by atoms with E-state index in [1.807, 2.05) is 54.7 Å². The van der Waals surface area contributed by atoms with Crippen molar-refractivity contribution in [2.45, 2.75) is 52.4 Å². The van der Waals surface area contributed by atoms with E-state index in [1.54, 1.807) is 0 Å². The van der Waals surface area contributed by atoms with E-state index in [0.29, 0.717) is 0 Å². The van der Waals surface area contributed by atoms with Gasteiger partial charge in [-0.1, -0.05) is 143 Å². The standard InChI is InChI=1S/C41H31N2O.C14H15N2.Ir/c1-41(2,3)30-22-24-36(34(26-30)28-15-8-5-9-16-28)43-37-20-11-10-19-35(37)42-40(43)33-18-12-17-32-31-23-21-29(25-38(31)44-39(32)33)27-13-6-4-7-14-27;1-14(2,3)12-9-10-15-13(16-12)11-7-5-4-6-8-11;/h4-17,19-26H,1-3H3;4-7,9-10H,1-3H3;/q2*-1;. The SMILES string of the molecule is CC(C)(C)c1ccc(-n2c(-c3[c-]ccc4c3oc3cc(-c5ccccc5)ccc34)nc3ccccc32)c(-c2ccccc2)c1.CC(C)(C)c1ccnc(-c2[c-]cccc2)n1.[Ir]. The molecule has 0 unspecified atom stereocenters. The topological polar surface area (TPSA) is 56.7 Å². The second-order valence-electron chi connectivity index (χ2n) is 17.2. The summed E-state index contributed by atoms with van der Waals surface area (Å²) in [6.07, 6.45) is 1.81. The van der Waals surface area contributed by atoms with Crippen LogP contribution in [0.25, 0.3) is 83.7 Å². The molecule has 0 atom stereocenters. The molecule has 5 nitrogen and oxygen atoms in total. The van der Waals surface area contributed by atoms with Crippen LogP contribution in [0.3, 0.4) is 0 Å². The number of nitrogens with zero attached hydrogens (tertiary/aromatic N) is 4. The smallest absolute Gasteiger partial charge is 0.121 e. The summed E-state index contributed by atoms with van der Waals surface area (Å²) in [5.41, 5.74) is 13.5. The number of fused-ring (bicyclic) bond motifs is 4. The van der Waals surface area contributed by atoms with Gasteiger partial charge in [-0.25, -0.2) is 0 Å². The van der Waals surface area contributed by atoms with E-state index in [0.717, 1.165) is 89.4 Å². The monoisotopic (exact) mass is 971 g/mol. The van der Waals surface area contributed by atoms with Crippen LogP contribution in [0.1, 0.15) is 52.8 Å². The Kier molecular flexibility index (Phi) is 11.4. The maximum absolute atomic E-state index is 6.68. The van der Waals surface area contributed by atoms with E-state index >= 15 is 0 Å². The van der Waals surface area contributed by atoms with Crippen LogP contribution in [0, 0.1) is 12.1 Å². The number of imidazole rings is 1. The van der Waals surface area contributed by atoms with Crippen LogP contribution in [-0.4, -0.2) is 19.5 Å². The molecule has 303 valence electrons. The first-order valence-corrected chi connectivity index (χ1v) is 20.4. The minimum atomic E-state index is 0. The van der Waals surface area contributed by atoms with Crippen LogP contribution in [0.5, 0.6) is 0 Å². The fourth-order valence-electron chi connectivity index (χ4n) is 7.64. The summed E-state index contributed by atoms with van der Waals surface area (Å²) in [5, 5.41) is 2.13. The first-order chi connectivity index (χ1) is 29.0. The number of aromatic nitrogens is 4. The van der Waals surface area contributed by atoms with Gasteiger partial charge in [0.25, 0.3) is 0 Å². The molecule has 0 aliphatic heterocycles. The molecule has 1 radical (unpaired) electrons. The molecule has 7 aromatic carbocycles. The van der Waals surface area contributed by atoms with Crippen LogP contribution in [0.2, 0.25) is 0 Å². The Hall–Kier alpha value is -6.46. The van der Waals surface area contributed by atoms with Gasteiger partial charge in [0, 0.05) is 54.0 Å². The number of hydrogen-bond acceptors (Lipinski definition) is 4. The summed E-state index contributed by atoms with van der Waals surface area (Å²) < 4.78 is 8.96. The predicted octanol–water partition coefficient (Wildman–Crippen LogP) is 14.3. The zero-order valence-electron chi connectivity index (χ0n) is 35.2. The van der Waals surface area contributed by atoms with Gasteiger partial charge in [0.05, 0.1) is 28.3 Å². The molecule has 0 aliphatic rings. The van der Waals surface area contributed by atoms with E-state index in [4.69, 9.17) is 9.40 Å². The zero-order chi connectivity index (χ0) is 41.4. The third-order valence-electron chi connectivity index (χ3n) is 10.9. The van der Waals surface area contributed by atoms with E-state index in [-0.39, 0.29) is 30.9 Å². The van der Waals surface area contributed by atoms with Crippen molar-refractivity contribution < 1.29 is 24.5 Å². The third-order valence-corrected chi connectivity index (χ3v) is 10.9. The van der Waals surface area contributed by atoms with Gasteiger partial charge in [0.15, 0.2) is 0 Å². The van der Waals surface area contributed by atoms with E-state index in [2.05, 4.69) is 183 Å². The predicted molar refractivity (Wildman–Crippen MR) is 247 cm³/mol. The summed E-state index contributed by atoms with van der Waals surface area (Å²) in [6, 6.07) is 63.1. The van der Waals surface area contributed by atoms with Crippen molar-refractivity contribution in [3.05, 3.63) is 193 Å². The summed E-state index contributed by atoms with van der Waals surface area (Å²) in [7, 11) is 0.